The maximum atomic E-state index is 11.8. The van der Waals surface area contributed by atoms with Crippen LogP contribution in [0.25, 0.3) is 11.4 Å². The quantitative estimate of drug-likeness (QED) is 0.889. The Hall–Kier alpha value is -1.95. The van der Waals surface area contributed by atoms with Crippen LogP contribution in [0, 0.1) is 13.8 Å². The first-order chi connectivity index (χ1) is 8.90. The first kappa shape index (κ1) is 13.5. The number of benzene rings is 1. The molecule has 2 N–H and O–H groups in total. The predicted octanol–water partition coefficient (Wildman–Crippen LogP) is 2.51. The second-order valence-corrected chi connectivity index (χ2v) is 5.06. The van der Waals surface area contributed by atoms with Crippen molar-refractivity contribution in [3.8, 4) is 11.4 Å². The molecule has 0 fully saturated rings. The average Bonchev–Trinajstić information content (AvgIpc) is 2.30. The van der Waals surface area contributed by atoms with E-state index in [1.165, 1.54) is 6.92 Å². The molecule has 0 radical (unpaired) electrons. The molecule has 0 unspecified atom stereocenters. The van der Waals surface area contributed by atoms with Gasteiger partial charge in [0.2, 0.25) is 0 Å². The van der Waals surface area contributed by atoms with Crippen molar-refractivity contribution in [3.63, 3.8) is 0 Å². The normalized spacial score (nSPS) is 10.5. The van der Waals surface area contributed by atoms with E-state index in [-0.39, 0.29) is 11.3 Å². The standard InChI is InChI=1S/C13H11BrN2O3/c1-6-3-4-8(14)5-9(6)11-15-7(2)10(13(18)19)12(17)16-11/h3-5H,1-2H3,(H,18,19)(H,15,16,17). The van der Waals surface area contributed by atoms with Crippen LogP contribution in [-0.2, 0) is 0 Å². The number of aryl methyl sites for hydroxylation is 2. The first-order valence-electron chi connectivity index (χ1n) is 5.51. The summed E-state index contributed by atoms with van der Waals surface area (Å²) in [6.45, 7) is 3.40. The van der Waals surface area contributed by atoms with E-state index in [0.29, 0.717) is 5.82 Å². The van der Waals surface area contributed by atoms with Crippen molar-refractivity contribution < 1.29 is 9.90 Å². The van der Waals surface area contributed by atoms with Crippen LogP contribution in [0.5, 0.6) is 0 Å². The highest BCUT2D eigenvalue weighted by molar-refractivity contribution is 9.10. The minimum atomic E-state index is -1.27. The smallest absolute Gasteiger partial charge is 0.343 e. The number of rotatable bonds is 2. The van der Waals surface area contributed by atoms with E-state index in [2.05, 4.69) is 25.9 Å². The molecule has 0 saturated carbocycles. The topological polar surface area (TPSA) is 83.0 Å². The lowest BCUT2D eigenvalue weighted by Gasteiger charge is -2.08. The number of carbonyl (C=O) groups is 1. The Morgan fingerprint density at radius 3 is 2.63 bits per heavy atom. The number of carboxylic acids is 1. The summed E-state index contributed by atoms with van der Waals surface area (Å²) in [5.41, 5.74) is 0.928. The zero-order valence-corrected chi connectivity index (χ0v) is 11.9. The fourth-order valence-electron chi connectivity index (χ4n) is 1.81. The Morgan fingerprint density at radius 2 is 2.05 bits per heavy atom. The van der Waals surface area contributed by atoms with Crippen molar-refractivity contribution in [1.82, 2.24) is 9.97 Å². The summed E-state index contributed by atoms with van der Waals surface area (Å²) in [7, 11) is 0. The number of hydrogen-bond acceptors (Lipinski definition) is 3. The van der Waals surface area contributed by atoms with E-state index >= 15 is 0 Å². The van der Waals surface area contributed by atoms with E-state index in [9.17, 15) is 9.59 Å². The molecule has 0 amide bonds. The van der Waals surface area contributed by atoms with E-state index in [1.807, 2.05) is 25.1 Å². The summed E-state index contributed by atoms with van der Waals surface area (Å²) in [4.78, 5) is 29.4. The van der Waals surface area contributed by atoms with E-state index in [1.54, 1.807) is 0 Å². The lowest BCUT2D eigenvalue weighted by molar-refractivity contribution is 0.0693. The van der Waals surface area contributed by atoms with Crippen molar-refractivity contribution in [3.05, 3.63) is 49.8 Å². The number of H-pyrrole nitrogens is 1. The molecular formula is C13H11BrN2O3. The molecule has 1 heterocycles. The van der Waals surface area contributed by atoms with Gasteiger partial charge in [-0.05, 0) is 31.5 Å². The molecule has 0 aliphatic heterocycles. The van der Waals surface area contributed by atoms with Gasteiger partial charge in [-0.3, -0.25) is 4.79 Å². The molecule has 1 aromatic carbocycles. The van der Waals surface area contributed by atoms with Crippen LogP contribution < -0.4 is 5.56 Å². The molecule has 0 bridgehead atoms. The summed E-state index contributed by atoms with van der Waals surface area (Å²) >= 11 is 3.35. The highest BCUT2D eigenvalue weighted by atomic mass is 79.9. The minimum absolute atomic E-state index is 0.200. The number of aromatic nitrogens is 2. The lowest BCUT2D eigenvalue weighted by atomic mass is 10.1. The number of nitrogens with one attached hydrogen (secondary N) is 1. The Balaban J connectivity index is 2.68. The van der Waals surface area contributed by atoms with Crippen LogP contribution in [0.4, 0.5) is 0 Å². The number of hydrogen-bond donors (Lipinski definition) is 2. The van der Waals surface area contributed by atoms with Crippen molar-refractivity contribution in [2.45, 2.75) is 13.8 Å². The number of aromatic amines is 1. The third kappa shape index (κ3) is 2.58. The van der Waals surface area contributed by atoms with E-state index in [4.69, 9.17) is 5.11 Å². The minimum Gasteiger partial charge on any atom is -0.477 e. The van der Waals surface area contributed by atoms with E-state index < -0.39 is 11.5 Å². The van der Waals surface area contributed by atoms with Crippen LogP contribution >= 0.6 is 15.9 Å². The Morgan fingerprint density at radius 1 is 1.37 bits per heavy atom. The summed E-state index contributed by atoms with van der Waals surface area (Å²) in [5, 5.41) is 8.94. The molecular weight excluding hydrogens is 312 g/mol. The van der Waals surface area contributed by atoms with Gasteiger partial charge in [0.15, 0.2) is 0 Å². The third-order valence-electron chi connectivity index (χ3n) is 2.77. The Bertz CT molecular complexity index is 722. The molecule has 6 heteroatoms. The number of nitrogens with zero attached hydrogens (tertiary/aromatic N) is 1. The molecule has 19 heavy (non-hydrogen) atoms. The van der Waals surface area contributed by atoms with Gasteiger partial charge in [0.1, 0.15) is 11.4 Å². The highest BCUT2D eigenvalue weighted by Gasteiger charge is 2.16. The zero-order chi connectivity index (χ0) is 14.2. The summed E-state index contributed by atoms with van der Waals surface area (Å²) in [6.07, 6.45) is 0. The van der Waals surface area contributed by atoms with Crippen LogP contribution in [0.1, 0.15) is 21.6 Å². The van der Waals surface area contributed by atoms with Crippen LogP contribution in [0.3, 0.4) is 0 Å². The van der Waals surface area contributed by atoms with Crippen molar-refractivity contribution in [1.29, 1.82) is 0 Å². The molecule has 0 atom stereocenters. The second-order valence-electron chi connectivity index (χ2n) is 4.14. The predicted molar refractivity (Wildman–Crippen MR) is 74.4 cm³/mol. The average molecular weight is 323 g/mol. The maximum Gasteiger partial charge on any atom is 0.343 e. The van der Waals surface area contributed by atoms with Gasteiger partial charge >= 0.3 is 5.97 Å². The molecule has 0 spiro atoms. The number of carboxylic acid groups (broad SMARTS) is 1. The van der Waals surface area contributed by atoms with Crippen LogP contribution in [0.2, 0.25) is 0 Å². The van der Waals surface area contributed by atoms with Crippen LogP contribution in [0.15, 0.2) is 27.5 Å². The molecule has 98 valence electrons. The van der Waals surface area contributed by atoms with Crippen molar-refractivity contribution in [2.24, 2.45) is 0 Å². The highest BCUT2D eigenvalue weighted by Crippen LogP contribution is 2.23. The largest absolute Gasteiger partial charge is 0.477 e. The fraction of sp³-hybridized carbons (Fsp3) is 0.154. The van der Waals surface area contributed by atoms with Gasteiger partial charge in [-0.2, -0.15) is 0 Å². The lowest BCUT2D eigenvalue weighted by Crippen LogP contribution is -2.21. The zero-order valence-electron chi connectivity index (χ0n) is 10.3. The first-order valence-corrected chi connectivity index (χ1v) is 6.30. The van der Waals surface area contributed by atoms with Gasteiger partial charge in [0.25, 0.3) is 5.56 Å². The fourth-order valence-corrected chi connectivity index (χ4v) is 2.18. The van der Waals surface area contributed by atoms with Gasteiger partial charge in [-0.1, -0.05) is 22.0 Å². The van der Waals surface area contributed by atoms with Gasteiger partial charge in [0, 0.05) is 10.0 Å². The molecule has 5 nitrogen and oxygen atoms in total. The number of aromatic carboxylic acids is 1. The van der Waals surface area contributed by atoms with Gasteiger partial charge in [-0.25, -0.2) is 9.78 Å². The molecule has 1 aromatic heterocycles. The summed E-state index contributed by atoms with van der Waals surface area (Å²) < 4.78 is 0.857. The molecule has 2 rings (SSSR count). The Labute approximate surface area is 117 Å². The van der Waals surface area contributed by atoms with Crippen molar-refractivity contribution >= 4 is 21.9 Å². The van der Waals surface area contributed by atoms with Gasteiger partial charge in [-0.15, -0.1) is 0 Å². The van der Waals surface area contributed by atoms with Gasteiger partial charge < -0.3 is 10.1 Å². The maximum absolute atomic E-state index is 11.8. The number of halogens is 1. The third-order valence-corrected chi connectivity index (χ3v) is 3.26. The SMILES string of the molecule is Cc1ccc(Br)cc1-c1nc(C)c(C(=O)O)c(=O)[nH]1. The Kier molecular flexibility index (Phi) is 3.53. The second kappa shape index (κ2) is 4.97. The molecule has 0 aliphatic rings. The van der Waals surface area contributed by atoms with Gasteiger partial charge in [0.05, 0.1) is 5.69 Å². The molecule has 0 saturated heterocycles. The van der Waals surface area contributed by atoms with Crippen LogP contribution in [-0.4, -0.2) is 21.0 Å². The summed E-state index contributed by atoms with van der Waals surface area (Å²) in [6, 6.07) is 5.60. The summed E-state index contributed by atoms with van der Waals surface area (Å²) in [5.74, 6) is -0.907. The van der Waals surface area contributed by atoms with Crippen molar-refractivity contribution in [2.75, 3.05) is 0 Å². The molecule has 0 aliphatic carbocycles. The monoisotopic (exact) mass is 322 g/mol. The molecule has 2 aromatic rings. The van der Waals surface area contributed by atoms with E-state index in [0.717, 1.165) is 15.6 Å².